The molecule has 1 fully saturated rings. The van der Waals surface area contributed by atoms with Gasteiger partial charge >= 0.3 is 0 Å². The van der Waals surface area contributed by atoms with E-state index in [9.17, 15) is 4.79 Å². The number of benzene rings is 1. The summed E-state index contributed by atoms with van der Waals surface area (Å²) in [5, 5.41) is 2.91. The van der Waals surface area contributed by atoms with Crippen LogP contribution in [-0.2, 0) is 0 Å². The van der Waals surface area contributed by atoms with E-state index in [0.29, 0.717) is 11.2 Å². The Labute approximate surface area is 145 Å². The molecular formula is C18H20N6O. The van der Waals surface area contributed by atoms with Gasteiger partial charge < -0.3 is 20.1 Å². The standard InChI is InChI=1S/C18H20N6O/c1-23-6-8-24(9-7-23)15-4-2-14(3-5-15)22-18(25)13-10-16-17(19-11-13)21-12-20-16/h2-5,10-12H,6-9H2,1H3,(H,22,25)(H,19,20,21). The number of fused-ring (bicyclic) bond motifs is 1. The predicted molar refractivity (Wildman–Crippen MR) is 98.0 cm³/mol. The van der Waals surface area contributed by atoms with Crippen molar-refractivity contribution < 1.29 is 4.79 Å². The van der Waals surface area contributed by atoms with E-state index in [0.717, 1.165) is 37.4 Å². The number of pyridine rings is 1. The highest BCUT2D eigenvalue weighted by Gasteiger charge is 2.14. The summed E-state index contributed by atoms with van der Waals surface area (Å²) in [4.78, 5) is 28.3. The molecule has 1 aliphatic heterocycles. The number of carbonyl (C=O) groups excluding carboxylic acids is 1. The van der Waals surface area contributed by atoms with Crippen LogP contribution in [0.15, 0.2) is 42.9 Å². The Balaban J connectivity index is 1.44. The summed E-state index contributed by atoms with van der Waals surface area (Å²) in [5.74, 6) is -0.184. The number of nitrogens with zero attached hydrogens (tertiary/aromatic N) is 4. The molecule has 4 rings (SSSR count). The van der Waals surface area contributed by atoms with E-state index in [1.54, 1.807) is 12.4 Å². The number of hydrogen-bond donors (Lipinski definition) is 2. The minimum atomic E-state index is -0.184. The minimum Gasteiger partial charge on any atom is -0.369 e. The zero-order valence-corrected chi connectivity index (χ0v) is 14.1. The predicted octanol–water partition coefficient (Wildman–Crippen LogP) is 1.96. The second kappa shape index (κ2) is 6.52. The Morgan fingerprint density at radius 1 is 1.12 bits per heavy atom. The maximum atomic E-state index is 12.4. The molecular weight excluding hydrogens is 316 g/mol. The van der Waals surface area contributed by atoms with E-state index in [4.69, 9.17) is 0 Å². The molecule has 128 valence electrons. The van der Waals surface area contributed by atoms with Crippen molar-refractivity contribution in [3.05, 3.63) is 48.4 Å². The largest absolute Gasteiger partial charge is 0.369 e. The molecule has 2 N–H and O–H groups in total. The number of aromatic nitrogens is 3. The molecule has 7 nitrogen and oxygen atoms in total. The van der Waals surface area contributed by atoms with Crippen LogP contribution in [0.2, 0.25) is 0 Å². The van der Waals surface area contributed by atoms with Crippen LogP contribution in [0.4, 0.5) is 11.4 Å². The molecule has 3 heterocycles. The first-order valence-electron chi connectivity index (χ1n) is 8.33. The molecule has 0 atom stereocenters. The first-order valence-corrected chi connectivity index (χ1v) is 8.33. The van der Waals surface area contributed by atoms with Gasteiger partial charge in [0, 0.05) is 43.8 Å². The quantitative estimate of drug-likeness (QED) is 0.765. The molecule has 0 spiro atoms. The Kier molecular flexibility index (Phi) is 4.07. The van der Waals surface area contributed by atoms with Crippen molar-refractivity contribution in [3.8, 4) is 0 Å². The fourth-order valence-electron chi connectivity index (χ4n) is 2.98. The number of likely N-dealkylation sites (N-methyl/N-ethyl adjacent to an activating group) is 1. The van der Waals surface area contributed by atoms with Crippen molar-refractivity contribution in [2.45, 2.75) is 0 Å². The van der Waals surface area contributed by atoms with E-state index >= 15 is 0 Å². The molecule has 0 unspecified atom stereocenters. The van der Waals surface area contributed by atoms with Gasteiger partial charge in [0.05, 0.1) is 17.4 Å². The molecule has 0 radical (unpaired) electrons. The van der Waals surface area contributed by atoms with Gasteiger partial charge in [0.2, 0.25) is 0 Å². The summed E-state index contributed by atoms with van der Waals surface area (Å²) < 4.78 is 0. The molecule has 1 amide bonds. The molecule has 0 aliphatic carbocycles. The summed E-state index contributed by atoms with van der Waals surface area (Å²) in [7, 11) is 2.14. The van der Waals surface area contributed by atoms with Gasteiger partial charge in [-0.25, -0.2) is 9.97 Å². The fourth-order valence-corrected chi connectivity index (χ4v) is 2.98. The second-order valence-electron chi connectivity index (χ2n) is 6.29. The SMILES string of the molecule is CN1CCN(c2ccc(NC(=O)c3cnc4nc[nH]c4c3)cc2)CC1. The number of nitrogens with one attached hydrogen (secondary N) is 2. The van der Waals surface area contributed by atoms with Crippen LogP contribution in [0.1, 0.15) is 10.4 Å². The Morgan fingerprint density at radius 2 is 1.88 bits per heavy atom. The van der Waals surface area contributed by atoms with Gasteiger partial charge in [-0.3, -0.25) is 4.79 Å². The van der Waals surface area contributed by atoms with Crippen LogP contribution in [0.25, 0.3) is 11.2 Å². The van der Waals surface area contributed by atoms with Crippen LogP contribution in [0, 0.1) is 0 Å². The summed E-state index contributed by atoms with van der Waals surface area (Å²) in [6.07, 6.45) is 3.10. The van der Waals surface area contributed by atoms with E-state index in [-0.39, 0.29) is 5.91 Å². The first-order chi connectivity index (χ1) is 12.2. The zero-order valence-electron chi connectivity index (χ0n) is 14.1. The molecule has 1 aromatic carbocycles. The third kappa shape index (κ3) is 3.32. The van der Waals surface area contributed by atoms with E-state index in [1.165, 1.54) is 11.9 Å². The molecule has 0 saturated carbocycles. The molecule has 25 heavy (non-hydrogen) atoms. The van der Waals surface area contributed by atoms with Gasteiger partial charge in [-0.15, -0.1) is 0 Å². The molecule has 1 saturated heterocycles. The van der Waals surface area contributed by atoms with Crippen molar-refractivity contribution in [3.63, 3.8) is 0 Å². The molecule has 1 aliphatic rings. The minimum absolute atomic E-state index is 0.184. The van der Waals surface area contributed by atoms with Gasteiger partial charge in [-0.05, 0) is 37.4 Å². The van der Waals surface area contributed by atoms with E-state index < -0.39 is 0 Å². The average Bonchev–Trinajstić information content (AvgIpc) is 3.11. The van der Waals surface area contributed by atoms with Crippen molar-refractivity contribution in [2.24, 2.45) is 0 Å². The topological polar surface area (TPSA) is 77.2 Å². The molecule has 3 aromatic rings. The van der Waals surface area contributed by atoms with Crippen molar-refractivity contribution in [1.82, 2.24) is 19.9 Å². The number of anilines is 2. The van der Waals surface area contributed by atoms with E-state index in [1.807, 2.05) is 12.1 Å². The number of hydrogen-bond acceptors (Lipinski definition) is 5. The Morgan fingerprint density at radius 3 is 2.64 bits per heavy atom. The summed E-state index contributed by atoms with van der Waals surface area (Å²) in [6, 6.07) is 9.74. The highest BCUT2D eigenvalue weighted by Crippen LogP contribution is 2.20. The van der Waals surface area contributed by atoms with Gasteiger partial charge in [0.25, 0.3) is 5.91 Å². The van der Waals surface area contributed by atoms with Gasteiger partial charge in [0.15, 0.2) is 5.65 Å². The number of amides is 1. The highest BCUT2D eigenvalue weighted by atomic mass is 16.1. The lowest BCUT2D eigenvalue weighted by Gasteiger charge is -2.34. The normalized spacial score (nSPS) is 15.5. The smallest absolute Gasteiger partial charge is 0.257 e. The lowest BCUT2D eigenvalue weighted by molar-refractivity contribution is 0.102. The van der Waals surface area contributed by atoms with Crippen LogP contribution in [0.5, 0.6) is 0 Å². The summed E-state index contributed by atoms with van der Waals surface area (Å²) >= 11 is 0. The average molecular weight is 336 g/mol. The molecule has 0 bridgehead atoms. The maximum absolute atomic E-state index is 12.4. The maximum Gasteiger partial charge on any atom is 0.257 e. The van der Waals surface area contributed by atoms with Crippen molar-refractivity contribution in [2.75, 3.05) is 43.4 Å². The highest BCUT2D eigenvalue weighted by molar-refractivity contribution is 6.05. The lowest BCUT2D eigenvalue weighted by Crippen LogP contribution is -2.44. The zero-order chi connectivity index (χ0) is 17.2. The summed E-state index contributed by atoms with van der Waals surface area (Å²) in [5.41, 5.74) is 3.81. The third-order valence-corrected chi connectivity index (χ3v) is 4.53. The van der Waals surface area contributed by atoms with Crippen LogP contribution >= 0.6 is 0 Å². The Bertz CT molecular complexity index is 880. The van der Waals surface area contributed by atoms with Crippen LogP contribution < -0.4 is 10.2 Å². The van der Waals surface area contributed by atoms with Crippen LogP contribution in [0.3, 0.4) is 0 Å². The lowest BCUT2D eigenvalue weighted by atomic mass is 10.2. The van der Waals surface area contributed by atoms with E-state index in [2.05, 4.69) is 49.2 Å². The number of aromatic amines is 1. The van der Waals surface area contributed by atoms with Gasteiger partial charge in [-0.2, -0.15) is 0 Å². The number of piperazine rings is 1. The number of H-pyrrole nitrogens is 1. The van der Waals surface area contributed by atoms with Gasteiger partial charge in [0.1, 0.15) is 0 Å². The number of imidazole rings is 1. The van der Waals surface area contributed by atoms with Crippen molar-refractivity contribution in [1.29, 1.82) is 0 Å². The second-order valence-corrected chi connectivity index (χ2v) is 6.29. The Hall–Kier alpha value is -2.93. The van der Waals surface area contributed by atoms with Crippen molar-refractivity contribution >= 4 is 28.4 Å². The molecule has 2 aromatic heterocycles. The number of carbonyl (C=O) groups is 1. The first kappa shape index (κ1) is 15.6. The van der Waals surface area contributed by atoms with Crippen LogP contribution in [-0.4, -0.2) is 59.0 Å². The fraction of sp³-hybridized carbons (Fsp3) is 0.278. The number of rotatable bonds is 3. The summed E-state index contributed by atoms with van der Waals surface area (Å²) in [6.45, 7) is 4.19. The third-order valence-electron chi connectivity index (χ3n) is 4.53. The monoisotopic (exact) mass is 336 g/mol. The molecule has 7 heteroatoms. The van der Waals surface area contributed by atoms with Gasteiger partial charge in [-0.1, -0.05) is 0 Å².